The third kappa shape index (κ3) is 8.00. The summed E-state index contributed by atoms with van der Waals surface area (Å²) in [6, 6.07) is 22.6. The molecule has 1 aliphatic carbocycles. The molecule has 0 spiro atoms. The lowest BCUT2D eigenvalue weighted by Crippen LogP contribution is -3.00. The molecule has 0 bridgehead atoms. The van der Waals surface area contributed by atoms with Gasteiger partial charge in [0, 0.05) is 54.1 Å². The van der Waals surface area contributed by atoms with E-state index in [1.54, 1.807) is 18.2 Å². The van der Waals surface area contributed by atoms with Crippen molar-refractivity contribution in [1.82, 2.24) is 9.89 Å². The summed E-state index contributed by atoms with van der Waals surface area (Å²) in [5.41, 5.74) is 4.27. The highest BCUT2D eigenvalue weighted by Crippen LogP contribution is 2.42. The van der Waals surface area contributed by atoms with Crippen LogP contribution < -0.4 is 47.7 Å². The zero-order valence-electron chi connectivity index (χ0n) is 26.1. The van der Waals surface area contributed by atoms with Crippen molar-refractivity contribution in [3.8, 4) is 28.2 Å². The van der Waals surface area contributed by atoms with Crippen molar-refractivity contribution in [2.24, 2.45) is 5.14 Å². The van der Waals surface area contributed by atoms with Crippen LogP contribution >= 0.6 is 12.2 Å². The second-order valence-electron chi connectivity index (χ2n) is 10.9. The second-order valence-corrected chi connectivity index (χ2v) is 12.9. The average molecular weight is 696 g/mol. The molecule has 47 heavy (non-hydrogen) atoms. The molecule has 1 heterocycles. The second kappa shape index (κ2) is 14.4. The molecular formula is C33H34ClN5O6S2. The quantitative estimate of drug-likeness (QED) is 0.0762. The average Bonchev–Trinajstić information content (AvgIpc) is 3.01. The number of aromatic carboxylic acids is 1. The molecule has 0 aromatic heterocycles. The summed E-state index contributed by atoms with van der Waals surface area (Å²) in [4.78, 5) is 14.6. The van der Waals surface area contributed by atoms with E-state index in [4.69, 9.17) is 26.5 Å². The van der Waals surface area contributed by atoms with Crippen molar-refractivity contribution >= 4 is 55.7 Å². The van der Waals surface area contributed by atoms with Crippen LogP contribution in [0.5, 0.6) is 5.75 Å². The molecule has 0 fully saturated rings. The Balaban J connectivity index is 0.00000500. The van der Waals surface area contributed by atoms with Gasteiger partial charge in [-0.15, -0.1) is 0 Å². The summed E-state index contributed by atoms with van der Waals surface area (Å²) >= 11 is 5.43. The van der Waals surface area contributed by atoms with Crippen molar-refractivity contribution in [3.05, 3.63) is 89.8 Å². The number of nitrogens with one attached hydrogen (secondary N) is 2. The van der Waals surface area contributed by atoms with Crippen molar-refractivity contribution in [3.63, 3.8) is 0 Å². The van der Waals surface area contributed by atoms with Gasteiger partial charge in [-0.2, -0.15) is 0 Å². The first-order valence-corrected chi connectivity index (χ1v) is 16.1. The first-order valence-electron chi connectivity index (χ1n) is 14.2. The van der Waals surface area contributed by atoms with Crippen molar-refractivity contribution in [2.75, 3.05) is 51.6 Å². The molecule has 11 nitrogen and oxygen atoms in total. The molecule has 0 saturated heterocycles. The van der Waals surface area contributed by atoms with E-state index in [9.17, 15) is 18.3 Å². The molecule has 14 heteroatoms. The van der Waals surface area contributed by atoms with Gasteiger partial charge < -0.3 is 42.2 Å². The Kier molecular flexibility index (Phi) is 10.8. The summed E-state index contributed by atoms with van der Waals surface area (Å²) in [7, 11) is 4.02. The van der Waals surface area contributed by atoms with Crippen LogP contribution in [0.15, 0.2) is 88.2 Å². The van der Waals surface area contributed by atoms with Gasteiger partial charge in [0.25, 0.3) is 0 Å². The summed E-state index contributed by atoms with van der Waals surface area (Å²) in [6.45, 7) is 0.572. The molecule has 0 saturated carbocycles. The topological polar surface area (TPSA) is 150 Å². The minimum atomic E-state index is -3.78. The van der Waals surface area contributed by atoms with Crippen LogP contribution in [-0.2, 0) is 10.0 Å². The lowest BCUT2D eigenvalue weighted by Gasteiger charge is -2.19. The lowest BCUT2D eigenvalue weighted by molar-refractivity contribution is -0.0000280. The fourth-order valence-electron chi connectivity index (χ4n) is 4.97. The number of rotatable bonds is 9. The molecule has 5 rings (SSSR count). The Morgan fingerprint density at radius 1 is 1.00 bits per heavy atom. The van der Waals surface area contributed by atoms with E-state index in [0.29, 0.717) is 34.9 Å². The van der Waals surface area contributed by atoms with Gasteiger partial charge in [-0.1, -0.05) is 6.07 Å². The molecule has 0 radical (unpaired) electrons. The van der Waals surface area contributed by atoms with Crippen LogP contribution in [0, 0.1) is 0 Å². The summed E-state index contributed by atoms with van der Waals surface area (Å²) in [6.07, 6.45) is 0. The highest BCUT2D eigenvalue weighted by Gasteiger charge is 2.23. The first-order chi connectivity index (χ1) is 21.8. The Hall–Kier alpha value is -4.69. The van der Waals surface area contributed by atoms with Gasteiger partial charge in [-0.25, -0.2) is 22.9 Å². The third-order valence-corrected chi connectivity index (χ3v) is 8.48. The van der Waals surface area contributed by atoms with Crippen LogP contribution in [-0.4, -0.2) is 65.9 Å². The van der Waals surface area contributed by atoms with Gasteiger partial charge in [0.05, 0.1) is 23.1 Å². The number of sulfonamides is 1. The lowest BCUT2D eigenvalue weighted by atomic mass is 9.90. The number of primary sulfonamides is 1. The van der Waals surface area contributed by atoms with E-state index in [1.165, 1.54) is 24.3 Å². The van der Waals surface area contributed by atoms with E-state index in [-0.39, 0.29) is 34.6 Å². The number of nitrogens with zero attached hydrogens (tertiary/aromatic N) is 2. The molecule has 3 aromatic carbocycles. The Labute approximate surface area is 284 Å². The van der Waals surface area contributed by atoms with E-state index in [2.05, 4.69) is 10.6 Å². The molecule has 0 atom stereocenters. The standard InChI is InChI=1S/C33H33N5O6S2.ClH/c1-37(2)21-6-13-26-29(18-21)44-30-19-22(38(3)4)7-14-27(30)31(26)25-12-5-20(17-28(25)32(39)40)36-33(45)35-15-16-43-23-8-10-24(11-9-23)46(34,41)42;/h5-14,17-19H,15-16H2,1-4H3,(H4,34,35,39,40,41,42,45);1H. The molecule has 2 aliphatic rings. The zero-order valence-corrected chi connectivity index (χ0v) is 28.5. The number of hydrogen-bond donors (Lipinski definition) is 4. The fraction of sp³-hybridized carbons (Fsp3) is 0.182. The van der Waals surface area contributed by atoms with Crippen molar-refractivity contribution in [2.45, 2.75) is 4.90 Å². The number of anilines is 2. The fourth-order valence-corrected chi connectivity index (χ4v) is 5.70. The molecule has 5 N–H and O–H groups in total. The van der Waals surface area contributed by atoms with Crippen molar-refractivity contribution < 1.29 is 39.9 Å². The number of fused-ring (bicyclic) bond motifs is 2. The molecule has 3 aromatic rings. The zero-order chi connectivity index (χ0) is 33.2. The van der Waals surface area contributed by atoms with Gasteiger partial charge in [0.15, 0.2) is 5.11 Å². The predicted octanol–water partition coefficient (Wildman–Crippen LogP) is 1.02. The number of carboxylic acid groups (broad SMARTS) is 1. The number of carbonyl (C=O) groups is 1. The number of ether oxygens (including phenoxy) is 1. The molecule has 0 amide bonds. The summed E-state index contributed by atoms with van der Waals surface area (Å²) in [5.74, 6) is 0.0202. The van der Waals surface area contributed by atoms with Crippen LogP contribution in [0.4, 0.5) is 11.4 Å². The van der Waals surface area contributed by atoms with Crippen LogP contribution in [0.3, 0.4) is 0 Å². The van der Waals surface area contributed by atoms with Gasteiger partial charge in [-0.05, 0) is 72.4 Å². The maximum atomic E-state index is 12.6. The van der Waals surface area contributed by atoms with E-state index < -0.39 is 16.0 Å². The molecular weight excluding hydrogens is 662 g/mol. The van der Waals surface area contributed by atoms with Gasteiger partial charge in [-0.3, -0.25) is 0 Å². The highest BCUT2D eigenvalue weighted by molar-refractivity contribution is 7.89. The third-order valence-electron chi connectivity index (χ3n) is 7.31. The number of nitrogens with two attached hydrogens (primary N) is 1. The summed E-state index contributed by atoms with van der Waals surface area (Å²) < 4.78 is 36.8. The molecule has 0 unspecified atom stereocenters. The maximum absolute atomic E-state index is 12.6. The maximum Gasteiger partial charge on any atom is 0.336 e. The normalized spacial score (nSPS) is 11.1. The van der Waals surface area contributed by atoms with Gasteiger partial charge in [0.1, 0.15) is 37.8 Å². The molecule has 1 aliphatic heterocycles. The number of thiocarbonyl (C=S) groups is 1. The number of hydrogen-bond acceptors (Lipinski definition) is 7. The monoisotopic (exact) mass is 695 g/mol. The largest absolute Gasteiger partial charge is 1.00 e. The minimum Gasteiger partial charge on any atom is -1.00 e. The van der Waals surface area contributed by atoms with Gasteiger partial charge in [0.2, 0.25) is 15.4 Å². The Morgan fingerprint density at radius 3 is 2.34 bits per heavy atom. The Bertz CT molecular complexity index is 2110. The SMILES string of the molecule is CN(C)c1ccc2c(-c3ccc(NC(=S)NCCOc4ccc(S(N)(=O)=O)cc4)cc3C(=O)O)c3ccc(=[N+](C)C)cc-3oc2c1.[Cl-]. The van der Waals surface area contributed by atoms with E-state index in [1.807, 2.05) is 74.1 Å². The van der Waals surface area contributed by atoms with Crippen LogP contribution in [0.25, 0.3) is 33.4 Å². The van der Waals surface area contributed by atoms with E-state index >= 15 is 0 Å². The highest BCUT2D eigenvalue weighted by atomic mass is 35.5. The predicted molar refractivity (Wildman–Crippen MR) is 184 cm³/mol. The number of benzene rings is 4. The first kappa shape index (κ1) is 35.2. The number of carboxylic acids is 1. The molecule has 246 valence electrons. The number of halogens is 1. The van der Waals surface area contributed by atoms with Crippen molar-refractivity contribution in [1.29, 1.82) is 0 Å². The van der Waals surface area contributed by atoms with E-state index in [0.717, 1.165) is 27.6 Å². The van der Waals surface area contributed by atoms with Crippen LogP contribution in [0.1, 0.15) is 10.4 Å². The Morgan fingerprint density at radius 2 is 1.70 bits per heavy atom. The van der Waals surface area contributed by atoms with Crippen LogP contribution in [0.2, 0.25) is 0 Å². The smallest absolute Gasteiger partial charge is 0.336 e. The summed E-state index contributed by atoms with van der Waals surface area (Å²) in [5, 5.41) is 23.5. The minimum absolute atomic E-state index is 0. The van der Waals surface area contributed by atoms with Gasteiger partial charge >= 0.3 is 5.97 Å².